The summed E-state index contributed by atoms with van der Waals surface area (Å²) in [5.41, 5.74) is 10.8. The number of hydrogen-bond acceptors (Lipinski definition) is 7. The Morgan fingerprint density at radius 1 is 0.978 bits per heavy atom. The summed E-state index contributed by atoms with van der Waals surface area (Å²) < 4.78 is 36.6. The molecule has 0 aliphatic carbocycles. The molecule has 46 heavy (non-hydrogen) atoms. The van der Waals surface area contributed by atoms with E-state index in [9.17, 15) is 14.4 Å². The number of hydrogen-bond donors (Lipinski definition) is 1. The molecule has 0 radical (unpaired) electrons. The van der Waals surface area contributed by atoms with Crippen molar-refractivity contribution in [2.75, 3.05) is 6.61 Å². The monoisotopic (exact) mass is 618 g/mol. The number of carbonyl (C=O) groups excluding carboxylic acids is 1. The molecule has 8 heteroatoms. The largest absolute Gasteiger partial charge is 0.490 e. The molecule has 0 saturated carbocycles. The Hall–Kier alpha value is -5.55. The van der Waals surface area contributed by atoms with Crippen LogP contribution in [0.1, 0.15) is 61.4 Å². The minimum Gasteiger partial charge on any atom is -0.490 e. The SMILES string of the molecule is CCOc1cc(C2C(C#N)=C(N)Oc3cc(OC(=O)/C=C/c4ccc(C(C)(C)C)cc4)ccc32)ccc1OCc1ccc(F)cc1. The zero-order valence-corrected chi connectivity index (χ0v) is 26.2. The van der Waals surface area contributed by atoms with Gasteiger partial charge in [0.2, 0.25) is 5.88 Å². The molecule has 1 unspecified atom stereocenters. The lowest BCUT2D eigenvalue weighted by Gasteiger charge is -2.27. The van der Waals surface area contributed by atoms with Crippen LogP contribution in [0.5, 0.6) is 23.0 Å². The second-order valence-electron chi connectivity index (χ2n) is 11.8. The average molecular weight is 619 g/mol. The van der Waals surface area contributed by atoms with Gasteiger partial charge in [0.15, 0.2) is 11.5 Å². The third-order valence-electron chi connectivity index (χ3n) is 7.51. The molecule has 0 fully saturated rings. The molecule has 0 amide bonds. The van der Waals surface area contributed by atoms with E-state index in [2.05, 4.69) is 26.8 Å². The van der Waals surface area contributed by atoms with Crippen LogP contribution in [0.25, 0.3) is 6.08 Å². The Balaban J connectivity index is 1.36. The number of fused-ring (bicyclic) bond motifs is 1. The standard InChI is InChI=1S/C38H35FN2O5/c1-5-43-34-20-26(11-18-32(34)44-23-25-8-14-28(39)15-9-25)36-30-17-16-29(21-33(30)46-37(41)31(36)22-40)45-35(42)19-10-24-6-12-27(13-7-24)38(2,3)4/h6-21,36H,5,23,41H2,1-4H3/b19-10+. The number of nitrogens with two attached hydrogens (primary N) is 1. The highest BCUT2D eigenvalue weighted by Crippen LogP contribution is 2.45. The van der Waals surface area contributed by atoms with E-state index in [1.807, 2.05) is 37.3 Å². The lowest BCUT2D eigenvalue weighted by Crippen LogP contribution is -2.21. The topological polar surface area (TPSA) is 104 Å². The maximum atomic E-state index is 13.3. The maximum absolute atomic E-state index is 13.3. The third kappa shape index (κ3) is 7.39. The fraction of sp³-hybridized carbons (Fsp3) is 0.211. The van der Waals surface area contributed by atoms with E-state index in [0.717, 1.165) is 16.7 Å². The maximum Gasteiger partial charge on any atom is 0.336 e. The van der Waals surface area contributed by atoms with Crippen LogP contribution in [0, 0.1) is 17.1 Å². The highest BCUT2D eigenvalue weighted by Gasteiger charge is 2.32. The summed E-state index contributed by atoms with van der Waals surface area (Å²) in [6.45, 7) is 8.90. The minimum atomic E-state index is -0.570. The quantitative estimate of drug-likeness (QED) is 0.115. The highest BCUT2D eigenvalue weighted by molar-refractivity contribution is 5.88. The predicted octanol–water partition coefficient (Wildman–Crippen LogP) is 7.94. The van der Waals surface area contributed by atoms with E-state index >= 15 is 0 Å². The van der Waals surface area contributed by atoms with Crippen molar-refractivity contribution in [2.24, 2.45) is 5.73 Å². The van der Waals surface area contributed by atoms with E-state index < -0.39 is 11.9 Å². The smallest absolute Gasteiger partial charge is 0.336 e. The molecule has 1 aliphatic heterocycles. The van der Waals surface area contributed by atoms with Gasteiger partial charge in [0, 0.05) is 17.7 Å². The first-order chi connectivity index (χ1) is 22.0. The molecule has 0 aromatic heterocycles. The fourth-order valence-electron chi connectivity index (χ4n) is 5.08. The number of ether oxygens (including phenoxy) is 4. The zero-order chi connectivity index (χ0) is 32.8. The summed E-state index contributed by atoms with van der Waals surface area (Å²) in [6, 6.07) is 26.6. The van der Waals surface area contributed by atoms with Crippen LogP contribution in [0.3, 0.4) is 0 Å². The van der Waals surface area contributed by atoms with Gasteiger partial charge < -0.3 is 24.7 Å². The average Bonchev–Trinajstić information content (AvgIpc) is 3.03. The first-order valence-corrected chi connectivity index (χ1v) is 14.9. The van der Waals surface area contributed by atoms with Crippen LogP contribution in [-0.4, -0.2) is 12.6 Å². The van der Waals surface area contributed by atoms with Crippen molar-refractivity contribution in [3.63, 3.8) is 0 Å². The van der Waals surface area contributed by atoms with E-state index in [1.165, 1.54) is 23.8 Å². The van der Waals surface area contributed by atoms with Crippen molar-refractivity contribution in [1.82, 2.24) is 0 Å². The molecular weight excluding hydrogens is 583 g/mol. The normalized spacial score (nSPS) is 14.3. The second-order valence-corrected chi connectivity index (χ2v) is 11.8. The van der Waals surface area contributed by atoms with Crippen molar-refractivity contribution in [3.8, 4) is 29.1 Å². The molecule has 7 nitrogen and oxygen atoms in total. The number of nitriles is 1. The Morgan fingerprint density at radius 3 is 2.39 bits per heavy atom. The van der Waals surface area contributed by atoms with Crippen molar-refractivity contribution < 1.29 is 28.1 Å². The van der Waals surface area contributed by atoms with Crippen molar-refractivity contribution in [1.29, 1.82) is 5.26 Å². The summed E-state index contributed by atoms with van der Waals surface area (Å²) in [5, 5.41) is 10.0. The molecule has 4 aromatic carbocycles. The highest BCUT2D eigenvalue weighted by atomic mass is 19.1. The van der Waals surface area contributed by atoms with Crippen LogP contribution in [0.15, 0.2) is 102 Å². The van der Waals surface area contributed by atoms with Crippen molar-refractivity contribution in [3.05, 3.63) is 136 Å². The molecule has 2 N–H and O–H groups in total. The first-order valence-electron chi connectivity index (χ1n) is 14.9. The number of esters is 1. The van der Waals surface area contributed by atoms with Crippen LogP contribution in [0.2, 0.25) is 0 Å². The van der Waals surface area contributed by atoms with Gasteiger partial charge in [0.1, 0.15) is 35.6 Å². The lowest BCUT2D eigenvalue weighted by atomic mass is 9.83. The molecular formula is C38H35FN2O5. The van der Waals surface area contributed by atoms with Gasteiger partial charge in [-0.2, -0.15) is 5.26 Å². The van der Waals surface area contributed by atoms with Crippen molar-refractivity contribution >= 4 is 12.0 Å². The minimum absolute atomic E-state index is 0.0386. The number of carbonyl (C=O) groups is 1. The Morgan fingerprint density at radius 2 is 1.72 bits per heavy atom. The molecule has 5 rings (SSSR count). The van der Waals surface area contributed by atoms with Gasteiger partial charge >= 0.3 is 5.97 Å². The number of nitrogens with zero attached hydrogens (tertiary/aromatic N) is 1. The molecule has 0 saturated heterocycles. The molecule has 1 heterocycles. The van der Waals surface area contributed by atoms with Gasteiger partial charge in [0.05, 0.1) is 12.5 Å². The number of rotatable bonds is 9. The molecule has 0 spiro atoms. The number of benzene rings is 4. The van der Waals surface area contributed by atoms with Gasteiger partial charge in [-0.3, -0.25) is 0 Å². The van der Waals surface area contributed by atoms with Crippen LogP contribution >= 0.6 is 0 Å². The van der Waals surface area contributed by atoms with Crippen molar-refractivity contribution in [2.45, 2.75) is 45.6 Å². The van der Waals surface area contributed by atoms with Crippen LogP contribution in [-0.2, 0) is 16.8 Å². The Kier molecular flexibility index (Phi) is 9.43. The van der Waals surface area contributed by atoms with Gasteiger partial charge in [-0.1, -0.05) is 69.3 Å². The molecule has 1 aliphatic rings. The molecule has 0 bridgehead atoms. The van der Waals surface area contributed by atoms with E-state index in [1.54, 1.807) is 48.5 Å². The van der Waals surface area contributed by atoms with E-state index in [4.69, 9.17) is 24.7 Å². The number of halogens is 1. The second kappa shape index (κ2) is 13.6. The van der Waals surface area contributed by atoms with Gasteiger partial charge in [0.25, 0.3) is 0 Å². The fourth-order valence-corrected chi connectivity index (χ4v) is 5.08. The summed E-state index contributed by atoms with van der Waals surface area (Å²) in [5.74, 6) is 0.128. The van der Waals surface area contributed by atoms with Gasteiger partial charge in [-0.05, 0) is 71.0 Å². The Labute approximate surface area is 268 Å². The summed E-state index contributed by atoms with van der Waals surface area (Å²) in [6.07, 6.45) is 3.06. The van der Waals surface area contributed by atoms with E-state index in [-0.39, 0.29) is 35.0 Å². The summed E-state index contributed by atoms with van der Waals surface area (Å²) in [4.78, 5) is 12.6. The Bertz CT molecular complexity index is 1830. The summed E-state index contributed by atoms with van der Waals surface area (Å²) in [7, 11) is 0. The molecule has 234 valence electrons. The van der Waals surface area contributed by atoms with Crippen LogP contribution < -0.4 is 24.7 Å². The van der Waals surface area contributed by atoms with E-state index in [0.29, 0.717) is 29.4 Å². The number of allylic oxidation sites excluding steroid dienone is 1. The van der Waals surface area contributed by atoms with Gasteiger partial charge in [-0.15, -0.1) is 0 Å². The molecule has 4 aromatic rings. The lowest BCUT2D eigenvalue weighted by molar-refractivity contribution is -0.128. The zero-order valence-electron chi connectivity index (χ0n) is 26.2. The predicted molar refractivity (Wildman–Crippen MR) is 174 cm³/mol. The molecule has 1 atom stereocenters. The van der Waals surface area contributed by atoms with Gasteiger partial charge in [-0.25, -0.2) is 9.18 Å². The third-order valence-corrected chi connectivity index (χ3v) is 7.51. The van der Waals surface area contributed by atoms with Crippen LogP contribution in [0.4, 0.5) is 4.39 Å². The first kappa shape index (κ1) is 31.9. The summed E-state index contributed by atoms with van der Waals surface area (Å²) >= 11 is 0.